The number of aliphatic hydroxyl groups is 1. The van der Waals surface area contributed by atoms with Crippen molar-refractivity contribution < 1.29 is 22.3 Å². The summed E-state index contributed by atoms with van der Waals surface area (Å²) in [4.78, 5) is 3.70. The molecule has 0 bridgehead atoms. The fourth-order valence-corrected chi connectivity index (χ4v) is 2.52. The monoisotopic (exact) mass is 314 g/mol. The molecule has 1 heterocycles. The summed E-state index contributed by atoms with van der Waals surface area (Å²) in [5.41, 5.74) is 0.357. The summed E-state index contributed by atoms with van der Waals surface area (Å²) >= 11 is 0. The maximum Gasteiger partial charge on any atom is 0.258 e. The fraction of sp³-hybridized carbons (Fsp3) is 0.154. The van der Waals surface area contributed by atoms with Crippen LogP contribution in [0.15, 0.2) is 41.6 Å². The minimum atomic E-state index is -3.94. The molecule has 0 aliphatic heterocycles. The highest BCUT2D eigenvalue weighted by atomic mass is 32.2. The molecule has 0 amide bonds. The number of nitrogens with one attached hydrogen (secondary N) is 1. The standard InChI is InChI=1S/C13H12F2N2O3S/c14-11-2-3-12(15)10(5-11)7-17-21(19,20)13-4-1-9(8-18)6-16-13/h1-6,17-18H,7-8H2. The third-order valence-corrected chi connectivity index (χ3v) is 4.03. The van der Waals surface area contributed by atoms with E-state index < -0.39 is 28.2 Å². The van der Waals surface area contributed by atoms with Crippen molar-refractivity contribution in [2.45, 2.75) is 18.2 Å². The summed E-state index contributed by atoms with van der Waals surface area (Å²) in [6.07, 6.45) is 1.22. The Morgan fingerprint density at radius 2 is 1.95 bits per heavy atom. The molecule has 2 aromatic rings. The summed E-state index contributed by atoms with van der Waals surface area (Å²) in [7, 11) is -3.94. The number of aromatic nitrogens is 1. The van der Waals surface area contributed by atoms with Crippen LogP contribution in [0.5, 0.6) is 0 Å². The number of halogens is 2. The average molecular weight is 314 g/mol. The Morgan fingerprint density at radius 3 is 2.57 bits per heavy atom. The second-order valence-corrected chi connectivity index (χ2v) is 5.94. The molecule has 1 aromatic heterocycles. The van der Waals surface area contributed by atoms with Crippen molar-refractivity contribution in [3.63, 3.8) is 0 Å². The van der Waals surface area contributed by atoms with Crippen LogP contribution < -0.4 is 4.72 Å². The van der Waals surface area contributed by atoms with Crippen molar-refractivity contribution >= 4 is 10.0 Å². The lowest BCUT2D eigenvalue weighted by atomic mass is 10.2. The molecular weight excluding hydrogens is 302 g/mol. The first kappa shape index (κ1) is 15.5. The van der Waals surface area contributed by atoms with Gasteiger partial charge in [0.25, 0.3) is 10.0 Å². The highest BCUT2D eigenvalue weighted by Gasteiger charge is 2.16. The Labute approximate surface area is 120 Å². The molecule has 0 spiro atoms. The van der Waals surface area contributed by atoms with E-state index in [9.17, 15) is 17.2 Å². The molecule has 112 valence electrons. The highest BCUT2D eigenvalue weighted by molar-refractivity contribution is 7.89. The molecule has 0 saturated heterocycles. The maximum atomic E-state index is 13.4. The van der Waals surface area contributed by atoms with Gasteiger partial charge in [0.2, 0.25) is 0 Å². The summed E-state index contributed by atoms with van der Waals surface area (Å²) in [6.45, 7) is -0.648. The Hall–Kier alpha value is -1.90. The van der Waals surface area contributed by atoms with Crippen LogP contribution >= 0.6 is 0 Å². The minimum absolute atomic E-state index is 0.106. The Morgan fingerprint density at radius 1 is 1.19 bits per heavy atom. The third kappa shape index (κ3) is 3.81. The first-order valence-electron chi connectivity index (χ1n) is 5.92. The van der Waals surface area contributed by atoms with Crippen LogP contribution in [0.1, 0.15) is 11.1 Å². The molecule has 1 aromatic carbocycles. The molecule has 0 aliphatic carbocycles. The number of sulfonamides is 1. The average Bonchev–Trinajstić information content (AvgIpc) is 2.48. The molecule has 2 N–H and O–H groups in total. The lowest BCUT2D eigenvalue weighted by molar-refractivity contribution is 0.281. The Bertz CT molecular complexity index is 734. The van der Waals surface area contributed by atoms with E-state index in [2.05, 4.69) is 9.71 Å². The molecule has 8 heteroatoms. The van der Waals surface area contributed by atoms with E-state index in [4.69, 9.17) is 5.11 Å². The third-order valence-electron chi connectivity index (χ3n) is 2.72. The Balaban J connectivity index is 2.15. The molecule has 0 radical (unpaired) electrons. The predicted octanol–water partition coefficient (Wildman–Crippen LogP) is 1.33. The normalized spacial score (nSPS) is 11.6. The molecular formula is C13H12F2N2O3S. The summed E-state index contributed by atoms with van der Waals surface area (Å²) in [5, 5.41) is 8.59. The van der Waals surface area contributed by atoms with Crippen LogP contribution in [0.4, 0.5) is 8.78 Å². The van der Waals surface area contributed by atoms with Crippen LogP contribution in [-0.2, 0) is 23.2 Å². The van der Waals surface area contributed by atoms with E-state index in [0.717, 1.165) is 18.2 Å². The molecule has 0 saturated carbocycles. The van der Waals surface area contributed by atoms with Crippen molar-refractivity contribution in [1.29, 1.82) is 0 Å². The van der Waals surface area contributed by atoms with Gasteiger partial charge in [-0.05, 0) is 29.8 Å². The van der Waals surface area contributed by atoms with Gasteiger partial charge in [0.1, 0.15) is 11.6 Å². The number of hydrogen-bond donors (Lipinski definition) is 2. The Kier molecular flexibility index (Phi) is 4.61. The van der Waals surface area contributed by atoms with E-state index in [1.54, 1.807) is 0 Å². The van der Waals surface area contributed by atoms with Crippen molar-refractivity contribution in [3.05, 3.63) is 59.3 Å². The van der Waals surface area contributed by atoms with Gasteiger partial charge in [-0.2, -0.15) is 0 Å². The van der Waals surface area contributed by atoms with E-state index in [0.29, 0.717) is 5.56 Å². The van der Waals surface area contributed by atoms with Gasteiger partial charge in [0.15, 0.2) is 5.03 Å². The molecule has 2 rings (SSSR count). The molecule has 21 heavy (non-hydrogen) atoms. The fourth-order valence-electron chi connectivity index (χ4n) is 1.59. The summed E-state index contributed by atoms with van der Waals surface area (Å²) < 4.78 is 52.4. The van der Waals surface area contributed by atoms with Crippen LogP contribution in [0.3, 0.4) is 0 Å². The van der Waals surface area contributed by atoms with Gasteiger partial charge in [0.05, 0.1) is 6.61 Å². The number of aliphatic hydroxyl groups excluding tert-OH is 1. The van der Waals surface area contributed by atoms with E-state index in [1.807, 2.05) is 0 Å². The molecule has 5 nitrogen and oxygen atoms in total. The van der Waals surface area contributed by atoms with Gasteiger partial charge < -0.3 is 5.11 Å². The molecule has 0 unspecified atom stereocenters. The largest absolute Gasteiger partial charge is 0.392 e. The van der Waals surface area contributed by atoms with E-state index in [-0.39, 0.29) is 17.2 Å². The number of rotatable bonds is 5. The van der Waals surface area contributed by atoms with Crippen molar-refractivity contribution in [2.24, 2.45) is 0 Å². The van der Waals surface area contributed by atoms with Gasteiger partial charge in [-0.1, -0.05) is 6.07 Å². The van der Waals surface area contributed by atoms with Crippen LogP contribution in [0.25, 0.3) is 0 Å². The number of hydrogen-bond acceptors (Lipinski definition) is 4. The first-order chi connectivity index (χ1) is 9.92. The predicted molar refractivity (Wildman–Crippen MR) is 70.5 cm³/mol. The zero-order valence-electron chi connectivity index (χ0n) is 10.8. The van der Waals surface area contributed by atoms with Crippen molar-refractivity contribution in [2.75, 3.05) is 0 Å². The quantitative estimate of drug-likeness (QED) is 0.872. The number of benzene rings is 1. The lowest BCUT2D eigenvalue weighted by Crippen LogP contribution is -2.24. The molecule has 0 aliphatic rings. The zero-order chi connectivity index (χ0) is 15.5. The SMILES string of the molecule is O=S(=O)(NCc1cc(F)ccc1F)c1ccc(CO)cn1. The molecule has 0 fully saturated rings. The summed E-state index contributed by atoms with van der Waals surface area (Å²) in [6, 6.07) is 5.41. The van der Waals surface area contributed by atoms with Gasteiger partial charge >= 0.3 is 0 Å². The molecule has 0 atom stereocenters. The van der Waals surface area contributed by atoms with Crippen LogP contribution in [-0.4, -0.2) is 18.5 Å². The minimum Gasteiger partial charge on any atom is -0.392 e. The van der Waals surface area contributed by atoms with E-state index >= 15 is 0 Å². The second kappa shape index (κ2) is 6.25. The zero-order valence-corrected chi connectivity index (χ0v) is 11.6. The number of nitrogens with zero attached hydrogens (tertiary/aromatic N) is 1. The topological polar surface area (TPSA) is 79.3 Å². The van der Waals surface area contributed by atoms with Crippen LogP contribution in [0, 0.1) is 11.6 Å². The first-order valence-corrected chi connectivity index (χ1v) is 7.40. The second-order valence-electron chi connectivity index (χ2n) is 4.22. The van der Waals surface area contributed by atoms with Gasteiger partial charge in [-0.3, -0.25) is 0 Å². The van der Waals surface area contributed by atoms with Gasteiger partial charge in [-0.15, -0.1) is 0 Å². The van der Waals surface area contributed by atoms with Crippen molar-refractivity contribution in [3.8, 4) is 0 Å². The van der Waals surface area contributed by atoms with Crippen LogP contribution in [0.2, 0.25) is 0 Å². The highest BCUT2D eigenvalue weighted by Crippen LogP contribution is 2.12. The van der Waals surface area contributed by atoms with Gasteiger partial charge in [0, 0.05) is 18.3 Å². The van der Waals surface area contributed by atoms with Gasteiger partial charge in [-0.25, -0.2) is 26.9 Å². The van der Waals surface area contributed by atoms with E-state index in [1.165, 1.54) is 18.3 Å². The number of pyridine rings is 1. The maximum absolute atomic E-state index is 13.4. The van der Waals surface area contributed by atoms with Crippen molar-refractivity contribution in [1.82, 2.24) is 9.71 Å². The lowest BCUT2D eigenvalue weighted by Gasteiger charge is -2.07. The summed E-state index contributed by atoms with van der Waals surface area (Å²) in [5.74, 6) is -1.36. The smallest absolute Gasteiger partial charge is 0.258 e.